The molecule has 0 saturated heterocycles. The number of benzene rings is 1. The zero-order valence-corrected chi connectivity index (χ0v) is 10.5. The number of nitrogens with one attached hydrogen (secondary N) is 1. The Hall–Kier alpha value is -1.53. The average Bonchev–Trinajstić information content (AvgIpc) is 2.38. The minimum atomic E-state index is -0.956. The fourth-order valence-electron chi connectivity index (χ4n) is 1.47. The maximum Gasteiger partial charge on any atom is 0.224 e. The third kappa shape index (κ3) is 6.26. The molecule has 0 atom stereocenters. The molecule has 1 aromatic carbocycles. The molecule has 0 heterocycles. The lowest BCUT2D eigenvalue weighted by molar-refractivity contribution is -0.120. The van der Waals surface area contributed by atoms with Crippen molar-refractivity contribution in [2.24, 2.45) is 0 Å². The van der Waals surface area contributed by atoms with Crippen LogP contribution >= 0.6 is 0 Å². The number of carbonyl (C=O) groups is 1. The van der Waals surface area contributed by atoms with E-state index < -0.39 is 11.6 Å². The van der Waals surface area contributed by atoms with Crippen LogP contribution in [-0.2, 0) is 16.0 Å². The van der Waals surface area contributed by atoms with Gasteiger partial charge >= 0.3 is 0 Å². The monoisotopic (exact) mass is 273 g/mol. The molecule has 1 aromatic rings. The number of hydrogen-bond acceptors (Lipinski definition) is 3. The van der Waals surface area contributed by atoms with Crippen LogP contribution in [0, 0.1) is 11.6 Å². The Balaban J connectivity index is 2.21. The van der Waals surface area contributed by atoms with E-state index in [0.717, 1.165) is 12.1 Å². The number of halogens is 2. The van der Waals surface area contributed by atoms with Crippen molar-refractivity contribution in [2.45, 2.75) is 12.8 Å². The second-order valence-electron chi connectivity index (χ2n) is 3.96. The highest BCUT2D eigenvalue weighted by Crippen LogP contribution is 2.09. The van der Waals surface area contributed by atoms with E-state index in [4.69, 9.17) is 9.84 Å². The first-order valence-corrected chi connectivity index (χ1v) is 6.02. The number of hydrogen-bond donors (Lipinski definition) is 2. The summed E-state index contributed by atoms with van der Waals surface area (Å²) in [5, 5.41) is 11.1. The molecule has 0 aliphatic rings. The molecule has 0 aliphatic heterocycles. The third-order valence-electron chi connectivity index (χ3n) is 2.37. The molecule has 0 unspecified atom stereocenters. The van der Waals surface area contributed by atoms with E-state index in [-0.39, 0.29) is 25.5 Å². The van der Waals surface area contributed by atoms with Gasteiger partial charge in [0.1, 0.15) is 0 Å². The van der Waals surface area contributed by atoms with Crippen molar-refractivity contribution in [3.05, 3.63) is 35.4 Å². The average molecular weight is 273 g/mol. The van der Waals surface area contributed by atoms with E-state index in [1.807, 2.05) is 0 Å². The Labute approximate surface area is 110 Å². The van der Waals surface area contributed by atoms with Crippen molar-refractivity contribution < 1.29 is 23.4 Å². The summed E-state index contributed by atoms with van der Waals surface area (Å²) in [6, 6.07) is 3.39. The predicted octanol–water partition coefficient (Wildman–Crippen LogP) is 1.02. The van der Waals surface area contributed by atoms with Gasteiger partial charge in [0.05, 0.1) is 19.6 Å². The van der Waals surface area contributed by atoms with E-state index in [2.05, 4.69) is 5.32 Å². The fourth-order valence-corrected chi connectivity index (χ4v) is 1.47. The molecule has 0 aliphatic carbocycles. The van der Waals surface area contributed by atoms with Crippen molar-refractivity contribution in [3.8, 4) is 0 Å². The summed E-state index contributed by atoms with van der Waals surface area (Å²) in [6.45, 7) is 1.14. The molecule has 106 valence electrons. The van der Waals surface area contributed by atoms with Crippen molar-refractivity contribution >= 4 is 5.91 Å². The molecule has 19 heavy (non-hydrogen) atoms. The lowest BCUT2D eigenvalue weighted by Crippen LogP contribution is -2.27. The largest absolute Gasteiger partial charge is 0.394 e. The first kappa shape index (κ1) is 15.5. The number of ether oxygens (including phenoxy) is 1. The summed E-state index contributed by atoms with van der Waals surface area (Å²) in [4.78, 5) is 11.5. The Morgan fingerprint density at radius 3 is 2.74 bits per heavy atom. The van der Waals surface area contributed by atoms with Crippen LogP contribution in [0.4, 0.5) is 8.78 Å². The molecule has 4 nitrogen and oxygen atoms in total. The predicted molar refractivity (Wildman–Crippen MR) is 65.6 cm³/mol. The number of aliphatic hydroxyl groups excluding tert-OH is 1. The Bertz CT molecular complexity index is 413. The summed E-state index contributed by atoms with van der Waals surface area (Å²) >= 11 is 0. The van der Waals surface area contributed by atoms with E-state index >= 15 is 0 Å². The third-order valence-corrected chi connectivity index (χ3v) is 2.37. The van der Waals surface area contributed by atoms with Crippen LogP contribution in [0.3, 0.4) is 0 Å². The van der Waals surface area contributed by atoms with Gasteiger partial charge in [0.25, 0.3) is 0 Å². The van der Waals surface area contributed by atoms with Crippen LogP contribution in [0.5, 0.6) is 0 Å². The summed E-state index contributed by atoms with van der Waals surface area (Å²) in [7, 11) is 0. The number of amides is 1. The van der Waals surface area contributed by atoms with Crippen molar-refractivity contribution in [3.63, 3.8) is 0 Å². The topological polar surface area (TPSA) is 58.6 Å². The molecule has 0 radical (unpaired) electrons. The zero-order valence-electron chi connectivity index (χ0n) is 10.5. The number of carbonyl (C=O) groups excluding carboxylic acids is 1. The molecule has 1 amide bonds. The highest BCUT2D eigenvalue weighted by molar-refractivity contribution is 5.78. The van der Waals surface area contributed by atoms with E-state index in [9.17, 15) is 13.6 Å². The summed E-state index contributed by atoms with van der Waals surface area (Å²) < 4.78 is 30.6. The quantitative estimate of drug-likeness (QED) is 0.695. The van der Waals surface area contributed by atoms with Gasteiger partial charge in [-0.25, -0.2) is 8.78 Å². The first-order valence-electron chi connectivity index (χ1n) is 6.02. The molecule has 0 fully saturated rings. The van der Waals surface area contributed by atoms with E-state index in [1.165, 1.54) is 6.07 Å². The van der Waals surface area contributed by atoms with Crippen LogP contribution in [0.25, 0.3) is 0 Å². The first-order chi connectivity index (χ1) is 9.13. The van der Waals surface area contributed by atoms with Crippen LogP contribution in [0.15, 0.2) is 18.2 Å². The minimum absolute atomic E-state index is 0.00863. The highest BCUT2D eigenvalue weighted by atomic mass is 19.2. The summed E-state index contributed by atoms with van der Waals surface area (Å²) in [5.41, 5.74) is 0.424. The second kappa shape index (κ2) is 8.55. The fraction of sp³-hybridized carbons (Fsp3) is 0.462. The summed E-state index contributed by atoms with van der Waals surface area (Å²) in [6.07, 6.45) is 0.637. The van der Waals surface area contributed by atoms with Crippen LogP contribution in [0.1, 0.15) is 12.0 Å². The molecule has 6 heteroatoms. The maximum absolute atomic E-state index is 12.9. The van der Waals surface area contributed by atoms with Gasteiger partial charge in [-0.1, -0.05) is 6.07 Å². The zero-order chi connectivity index (χ0) is 14.1. The van der Waals surface area contributed by atoms with Gasteiger partial charge in [-0.3, -0.25) is 4.79 Å². The van der Waals surface area contributed by atoms with Crippen molar-refractivity contribution in [1.29, 1.82) is 0 Å². The smallest absolute Gasteiger partial charge is 0.224 e. The molecular weight excluding hydrogens is 256 g/mol. The van der Waals surface area contributed by atoms with E-state index in [1.54, 1.807) is 0 Å². The Morgan fingerprint density at radius 1 is 1.26 bits per heavy atom. The van der Waals surface area contributed by atoms with Gasteiger partial charge in [0.15, 0.2) is 11.6 Å². The molecule has 0 bridgehead atoms. The van der Waals surface area contributed by atoms with Crippen molar-refractivity contribution in [1.82, 2.24) is 5.32 Å². The minimum Gasteiger partial charge on any atom is -0.394 e. The lowest BCUT2D eigenvalue weighted by Gasteiger charge is -2.06. The Morgan fingerprint density at radius 2 is 2.05 bits per heavy atom. The second-order valence-corrected chi connectivity index (χ2v) is 3.96. The summed E-state index contributed by atoms with van der Waals surface area (Å²) in [5.74, 6) is -2.14. The van der Waals surface area contributed by atoms with Gasteiger partial charge in [0, 0.05) is 13.2 Å². The van der Waals surface area contributed by atoms with Gasteiger partial charge < -0.3 is 15.2 Å². The normalized spacial score (nSPS) is 10.5. The van der Waals surface area contributed by atoms with Crippen molar-refractivity contribution in [2.75, 3.05) is 26.4 Å². The lowest BCUT2D eigenvalue weighted by atomic mass is 10.1. The van der Waals surface area contributed by atoms with Gasteiger partial charge in [-0.15, -0.1) is 0 Å². The molecule has 1 rings (SSSR count). The van der Waals surface area contributed by atoms with Crippen LogP contribution < -0.4 is 5.32 Å². The van der Waals surface area contributed by atoms with Gasteiger partial charge in [-0.05, 0) is 24.1 Å². The number of aliphatic hydroxyl groups is 1. The maximum atomic E-state index is 12.9. The molecular formula is C13H17F2NO3. The van der Waals surface area contributed by atoms with Gasteiger partial charge in [-0.2, -0.15) is 0 Å². The molecule has 0 saturated carbocycles. The molecule has 0 spiro atoms. The standard InChI is InChI=1S/C13H17F2NO3/c14-11-3-2-10(8-12(11)15)9-13(18)16-4-1-6-19-7-5-17/h2-3,8,17H,1,4-7,9H2,(H,16,18). The van der Waals surface area contributed by atoms with E-state index in [0.29, 0.717) is 25.1 Å². The SMILES string of the molecule is O=C(Cc1ccc(F)c(F)c1)NCCCOCCO. The Kier molecular flexibility index (Phi) is 6.99. The number of rotatable bonds is 8. The van der Waals surface area contributed by atoms with Crippen LogP contribution in [-0.4, -0.2) is 37.4 Å². The molecule has 0 aromatic heterocycles. The van der Waals surface area contributed by atoms with Crippen LogP contribution in [0.2, 0.25) is 0 Å². The highest BCUT2D eigenvalue weighted by Gasteiger charge is 2.06. The van der Waals surface area contributed by atoms with Gasteiger partial charge in [0.2, 0.25) is 5.91 Å². The molecule has 2 N–H and O–H groups in total.